The number of hydrogen-bond donors (Lipinski definition) is 1. The Balaban J connectivity index is 1.24. The van der Waals surface area contributed by atoms with Crippen molar-refractivity contribution in [2.45, 2.75) is 0 Å². The Hall–Kier alpha value is -3.06. The molecule has 1 fully saturated rings. The van der Waals surface area contributed by atoms with Gasteiger partial charge in [0.15, 0.2) is 0 Å². The van der Waals surface area contributed by atoms with Crippen LogP contribution in [0.5, 0.6) is 11.5 Å². The van der Waals surface area contributed by atoms with Crippen LogP contribution in [-0.4, -0.2) is 72.1 Å². The van der Waals surface area contributed by atoms with Crippen LogP contribution in [0.2, 0.25) is 0 Å². The zero-order valence-corrected chi connectivity index (χ0v) is 15.9. The Morgan fingerprint density at radius 2 is 1.86 bits per heavy atom. The Labute approximate surface area is 163 Å². The normalized spacial score (nSPS) is 15.0. The lowest BCUT2D eigenvalue weighted by Crippen LogP contribution is -2.49. The maximum Gasteiger partial charge on any atom is 0.270 e. The first-order valence-electron chi connectivity index (χ1n) is 9.45. The number of carbonyl (C=O) groups is 1. The third-order valence-electron chi connectivity index (χ3n) is 5.01. The molecule has 1 aliphatic rings. The van der Waals surface area contributed by atoms with Gasteiger partial charge in [0.1, 0.15) is 23.8 Å². The highest BCUT2D eigenvalue weighted by Gasteiger charge is 2.23. The van der Waals surface area contributed by atoms with Gasteiger partial charge in [0.05, 0.1) is 18.1 Å². The van der Waals surface area contributed by atoms with Crippen LogP contribution in [0.3, 0.4) is 0 Å². The Morgan fingerprint density at radius 3 is 2.57 bits per heavy atom. The molecule has 28 heavy (non-hydrogen) atoms. The second-order valence-corrected chi connectivity index (χ2v) is 6.78. The van der Waals surface area contributed by atoms with Crippen LogP contribution in [0.4, 0.5) is 0 Å². The fraction of sp³-hybridized carbons (Fsp3) is 0.333. The van der Waals surface area contributed by atoms with E-state index in [-0.39, 0.29) is 5.91 Å². The summed E-state index contributed by atoms with van der Waals surface area (Å²) in [5, 5.41) is 0. The summed E-state index contributed by atoms with van der Waals surface area (Å²) in [7, 11) is 1.65. The van der Waals surface area contributed by atoms with E-state index in [2.05, 4.69) is 14.9 Å². The standard InChI is InChI=1S/C21H24N4O3/c1-27-16-4-6-17(7-5-16)28-14-13-24-9-11-25(12-10-24)21(26)20-15-19-18(23-20)3-2-8-22-19/h2-8,15,23H,9-14H2,1H3. The van der Waals surface area contributed by atoms with Crippen molar-refractivity contribution in [3.63, 3.8) is 0 Å². The van der Waals surface area contributed by atoms with Crippen molar-refractivity contribution in [2.75, 3.05) is 46.4 Å². The topological polar surface area (TPSA) is 70.7 Å². The van der Waals surface area contributed by atoms with Crippen molar-refractivity contribution in [3.05, 3.63) is 54.4 Å². The van der Waals surface area contributed by atoms with Crippen LogP contribution in [0.25, 0.3) is 11.0 Å². The number of hydrogen-bond acceptors (Lipinski definition) is 5. The highest BCUT2D eigenvalue weighted by atomic mass is 16.5. The molecule has 1 amide bonds. The SMILES string of the molecule is COc1ccc(OCCN2CCN(C(=O)c3cc4ncccc4[nH]3)CC2)cc1. The molecular formula is C21H24N4O3. The van der Waals surface area contributed by atoms with E-state index in [9.17, 15) is 4.79 Å². The monoisotopic (exact) mass is 380 g/mol. The molecule has 4 rings (SSSR count). The van der Waals surface area contributed by atoms with Gasteiger partial charge < -0.3 is 19.4 Å². The molecule has 7 nitrogen and oxygen atoms in total. The number of ether oxygens (including phenoxy) is 2. The van der Waals surface area contributed by atoms with Crippen molar-refractivity contribution in [1.82, 2.24) is 19.8 Å². The van der Waals surface area contributed by atoms with Crippen LogP contribution >= 0.6 is 0 Å². The molecule has 3 aromatic rings. The lowest BCUT2D eigenvalue weighted by molar-refractivity contribution is 0.0615. The second kappa shape index (κ2) is 8.31. The second-order valence-electron chi connectivity index (χ2n) is 6.78. The maximum atomic E-state index is 12.7. The lowest BCUT2D eigenvalue weighted by Gasteiger charge is -2.34. The van der Waals surface area contributed by atoms with Crippen LogP contribution in [-0.2, 0) is 0 Å². The van der Waals surface area contributed by atoms with Gasteiger partial charge in [-0.05, 0) is 42.5 Å². The van der Waals surface area contributed by atoms with E-state index < -0.39 is 0 Å². The molecule has 0 bridgehead atoms. The van der Waals surface area contributed by atoms with Gasteiger partial charge in [0.25, 0.3) is 5.91 Å². The number of H-pyrrole nitrogens is 1. The van der Waals surface area contributed by atoms with E-state index in [4.69, 9.17) is 9.47 Å². The number of nitrogens with zero attached hydrogens (tertiary/aromatic N) is 3. The summed E-state index contributed by atoms with van der Waals surface area (Å²) in [6.45, 7) is 4.57. The van der Waals surface area contributed by atoms with Crippen LogP contribution in [0.1, 0.15) is 10.5 Å². The van der Waals surface area contributed by atoms with E-state index >= 15 is 0 Å². The number of piperazine rings is 1. The molecule has 0 aliphatic carbocycles. The third kappa shape index (κ3) is 4.09. The van der Waals surface area contributed by atoms with Crippen molar-refractivity contribution in [1.29, 1.82) is 0 Å². The predicted octanol–water partition coefficient (Wildman–Crippen LogP) is 2.41. The molecule has 1 saturated heterocycles. The molecule has 0 saturated carbocycles. The van der Waals surface area contributed by atoms with Gasteiger partial charge >= 0.3 is 0 Å². The molecule has 0 atom stereocenters. The number of aromatic nitrogens is 2. The summed E-state index contributed by atoms with van der Waals surface area (Å²) in [5.41, 5.74) is 2.31. The van der Waals surface area contributed by atoms with Gasteiger partial charge in [-0.3, -0.25) is 14.7 Å². The van der Waals surface area contributed by atoms with Gasteiger partial charge in [-0.25, -0.2) is 0 Å². The summed E-state index contributed by atoms with van der Waals surface area (Å²) < 4.78 is 10.9. The molecule has 1 aromatic carbocycles. The first-order valence-corrected chi connectivity index (χ1v) is 9.45. The first kappa shape index (κ1) is 18.3. The lowest BCUT2D eigenvalue weighted by atomic mass is 10.2. The van der Waals surface area contributed by atoms with Crippen molar-refractivity contribution in [3.8, 4) is 11.5 Å². The quantitative estimate of drug-likeness (QED) is 0.711. The summed E-state index contributed by atoms with van der Waals surface area (Å²) in [6.07, 6.45) is 1.73. The van der Waals surface area contributed by atoms with Crippen molar-refractivity contribution < 1.29 is 14.3 Å². The number of methoxy groups -OCH3 is 1. The highest BCUT2D eigenvalue weighted by Crippen LogP contribution is 2.17. The number of carbonyl (C=O) groups excluding carboxylic acids is 1. The predicted molar refractivity (Wildman–Crippen MR) is 107 cm³/mol. The van der Waals surface area contributed by atoms with Crippen molar-refractivity contribution >= 4 is 16.9 Å². The number of rotatable bonds is 6. The van der Waals surface area contributed by atoms with E-state index in [0.29, 0.717) is 25.4 Å². The minimum absolute atomic E-state index is 0.0344. The van der Waals surface area contributed by atoms with Gasteiger partial charge in [-0.2, -0.15) is 0 Å². The van der Waals surface area contributed by atoms with Gasteiger partial charge in [-0.1, -0.05) is 0 Å². The minimum atomic E-state index is 0.0344. The Morgan fingerprint density at radius 1 is 1.11 bits per heavy atom. The summed E-state index contributed by atoms with van der Waals surface area (Å²) in [6, 6.07) is 13.2. The Kier molecular flexibility index (Phi) is 5.43. The van der Waals surface area contributed by atoms with Crippen LogP contribution in [0, 0.1) is 0 Å². The summed E-state index contributed by atoms with van der Waals surface area (Å²) >= 11 is 0. The molecule has 3 heterocycles. The van der Waals surface area contributed by atoms with Gasteiger partial charge in [-0.15, -0.1) is 0 Å². The average molecular weight is 380 g/mol. The zero-order valence-electron chi connectivity index (χ0n) is 15.9. The van der Waals surface area contributed by atoms with E-state index in [1.807, 2.05) is 47.4 Å². The number of aromatic amines is 1. The molecule has 146 valence electrons. The maximum absolute atomic E-state index is 12.7. The van der Waals surface area contributed by atoms with Crippen LogP contribution < -0.4 is 9.47 Å². The molecule has 0 spiro atoms. The fourth-order valence-corrected chi connectivity index (χ4v) is 3.38. The average Bonchev–Trinajstić information content (AvgIpc) is 3.18. The fourth-order valence-electron chi connectivity index (χ4n) is 3.38. The van der Waals surface area contributed by atoms with Gasteiger partial charge in [0.2, 0.25) is 0 Å². The third-order valence-corrected chi connectivity index (χ3v) is 5.01. The number of pyridine rings is 1. The van der Waals surface area contributed by atoms with E-state index in [1.165, 1.54) is 0 Å². The largest absolute Gasteiger partial charge is 0.497 e. The molecule has 0 unspecified atom stereocenters. The minimum Gasteiger partial charge on any atom is -0.497 e. The van der Waals surface area contributed by atoms with Gasteiger partial charge in [0, 0.05) is 38.9 Å². The molecule has 1 aliphatic heterocycles. The molecule has 1 N–H and O–H groups in total. The molecular weight excluding hydrogens is 356 g/mol. The zero-order chi connectivity index (χ0) is 19.3. The number of fused-ring (bicyclic) bond motifs is 1. The smallest absolute Gasteiger partial charge is 0.270 e. The van der Waals surface area contributed by atoms with E-state index in [1.54, 1.807) is 13.3 Å². The van der Waals surface area contributed by atoms with Crippen LogP contribution in [0.15, 0.2) is 48.7 Å². The number of benzene rings is 1. The Bertz CT molecular complexity index is 897. The molecule has 7 heteroatoms. The first-order chi connectivity index (χ1) is 13.7. The van der Waals surface area contributed by atoms with E-state index in [0.717, 1.165) is 42.2 Å². The molecule has 2 aromatic heterocycles. The number of amides is 1. The highest BCUT2D eigenvalue weighted by molar-refractivity contribution is 5.97. The molecule has 0 radical (unpaired) electrons. The summed E-state index contributed by atoms with van der Waals surface area (Å²) in [4.78, 5) is 24.4. The number of nitrogens with one attached hydrogen (secondary N) is 1. The summed E-state index contributed by atoms with van der Waals surface area (Å²) in [5.74, 6) is 1.69. The van der Waals surface area contributed by atoms with Crippen molar-refractivity contribution in [2.24, 2.45) is 0 Å².